The highest BCUT2D eigenvalue weighted by atomic mass is 16.5. The van der Waals surface area contributed by atoms with Gasteiger partial charge in [0.1, 0.15) is 11.5 Å². The maximum Gasteiger partial charge on any atom is 0.129 e. The van der Waals surface area contributed by atoms with E-state index in [0.29, 0.717) is 35.1 Å². The van der Waals surface area contributed by atoms with Gasteiger partial charge in [0.15, 0.2) is 0 Å². The Morgan fingerprint density at radius 2 is 0.929 bits per heavy atom. The summed E-state index contributed by atoms with van der Waals surface area (Å²) in [5, 5.41) is 11.4. The second-order valence-electron chi connectivity index (χ2n) is 17.1. The fourth-order valence-corrected chi connectivity index (χ4v) is 9.94. The minimum Gasteiger partial charge on any atom is -0.457 e. The molecule has 11 aromatic rings. The summed E-state index contributed by atoms with van der Waals surface area (Å²) in [7, 11) is 0. The normalized spacial score (nSPS) is 14.7. The Balaban J connectivity index is 0.860. The van der Waals surface area contributed by atoms with Crippen LogP contribution in [0.4, 0.5) is 22.7 Å². The summed E-state index contributed by atoms with van der Waals surface area (Å²) < 4.78 is 95.3. The van der Waals surface area contributed by atoms with E-state index in [0.717, 1.165) is 32.9 Å². The molecule has 5 heteroatoms. The summed E-state index contributed by atoms with van der Waals surface area (Å²) in [5.41, 5.74) is 13.3. The molecule has 0 spiro atoms. The first-order valence-corrected chi connectivity index (χ1v) is 23.1. The summed E-state index contributed by atoms with van der Waals surface area (Å²) in [4.78, 5) is 0. The molecule has 0 amide bonds. The highest BCUT2D eigenvalue weighted by Gasteiger charge is 2.27. The molecule has 332 valence electrons. The van der Waals surface area contributed by atoms with E-state index in [2.05, 4.69) is 142 Å². The summed E-state index contributed by atoms with van der Waals surface area (Å²) in [5.74, 6) is 1.17. The summed E-state index contributed by atoms with van der Waals surface area (Å²) in [6.07, 6.45) is 4.62. The van der Waals surface area contributed by atoms with Crippen LogP contribution in [0.2, 0.25) is 0 Å². The van der Waals surface area contributed by atoms with Crippen molar-refractivity contribution in [1.29, 1.82) is 0 Å². The number of rotatable bonds is 9. The number of para-hydroxylation sites is 4. The van der Waals surface area contributed by atoms with Crippen LogP contribution in [0.25, 0.3) is 77.5 Å². The van der Waals surface area contributed by atoms with Crippen LogP contribution in [-0.2, 0) is 0 Å². The van der Waals surface area contributed by atoms with Gasteiger partial charge in [-0.15, -0.1) is 0 Å². The highest BCUT2D eigenvalue weighted by molar-refractivity contribution is 6.14. The van der Waals surface area contributed by atoms with Gasteiger partial charge in [0.25, 0.3) is 0 Å². The predicted molar refractivity (Wildman–Crippen MR) is 293 cm³/mol. The molecule has 2 N–H and O–H groups in total. The lowest BCUT2D eigenvalue weighted by Gasteiger charge is -2.32. The van der Waals surface area contributed by atoms with Crippen LogP contribution < -0.4 is 20.4 Å². The topological polar surface area (TPSA) is 41.5 Å². The summed E-state index contributed by atoms with van der Waals surface area (Å²) >= 11 is 0. The quantitative estimate of drug-likeness (QED) is 0.151. The fraction of sp³-hybridized carbons (Fsp3) is 0.0154. The van der Waals surface area contributed by atoms with Gasteiger partial charge in [-0.05, 0) is 92.5 Å². The zero-order chi connectivity index (χ0) is 55.1. The smallest absolute Gasteiger partial charge is 0.129 e. The monoisotopic (exact) mass is 908 g/mol. The summed E-state index contributed by atoms with van der Waals surface area (Å²) in [6.45, 7) is 0.606. The SMILES string of the molecule is [2H]c1c([2H])c([2H])c(-c2cccc(-c3c([2H])c([2H])c([2H])c([2H])c3[2H])c2Nc2ccccc2Nc2cccc(Oc3ccc4c5ccccc5n(N5C=C6C(=CC5)c5ccccc5-c5ccccc5-c5ccccc56)c4c3)c2)c([2H])c1[2H]. The van der Waals surface area contributed by atoms with E-state index in [1.807, 2.05) is 42.5 Å². The van der Waals surface area contributed by atoms with E-state index in [-0.39, 0.29) is 27.9 Å². The van der Waals surface area contributed by atoms with Gasteiger partial charge in [-0.2, -0.15) is 0 Å². The second kappa shape index (κ2) is 17.4. The van der Waals surface area contributed by atoms with E-state index < -0.39 is 60.4 Å². The molecule has 13 rings (SSSR count). The van der Waals surface area contributed by atoms with Crippen LogP contribution in [0.1, 0.15) is 24.8 Å². The molecule has 1 aliphatic heterocycles. The predicted octanol–water partition coefficient (Wildman–Crippen LogP) is 17.1. The van der Waals surface area contributed by atoms with Gasteiger partial charge in [0, 0.05) is 51.5 Å². The number of hydrogen-bond acceptors (Lipinski definition) is 4. The minimum absolute atomic E-state index is 0.126. The van der Waals surface area contributed by atoms with E-state index in [1.54, 1.807) is 30.3 Å². The van der Waals surface area contributed by atoms with Crippen molar-refractivity contribution >= 4 is 55.7 Å². The number of ether oxygens (including phenoxy) is 1. The number of hydrogen-bond donors (Lipinski definition) is 2. The Hall–Kier alpha value is -9.32. The number of fused-ring (bicyclic) bond motifs is 11. The minimum atomic E-state index is -0.563. The van der Waals surface area contributed by atoms with Crippen LogP contribution in [0.3, 0.4) is 0 Å². The van der Waals surface area contributed by atoms with Gasteiger partial charge in [0.05, 0.1) is 48.3 Å². The molecular formula is C65H46N4O. The number of benzene rings is 10. The van der Waals surface area contributed by atoms with Crippen LogP contribution >= 0.6 is 0 Å². The molecule has 0 saturated carbocycles. The number of allylic oxidation sites excluding steroid dienone is 2. The molecular weight excluding hydrogens is 853 g/mol. The largest absolute Gasteiger partial charge is 0.457 e. The molecule has 2 aliphatic rings. The summed E-state index contributed by atoms with van der Waals surface area (Å²) in [6, 6.07) is 54.9. The lowest BCUT2D eigenvalue weighted by molar-refractivity contribution is 0.483. The Kier molecular flexibility index (Phi) is 7.86. The molecule has 5 nitrogen and oxygen atoms in total. The van der Waals surface area contributed by atoms with Crippen molar-refractivity contribution in [3.63, 3.8) is 0 Å². The Labute approximate surface area is 421 Å². The standard InChI is InChI=1S/C65H46N4O/c1-3-19-44(20-4-1)49-32-18-33-50(45-21-5-2-6-22-45)65(49)67-62-35-15-14-34-61(62)66-46-23-17-24-47(41-46)70-48-37-38-59-58-31-13-16-36-63(58)69(64(59)42-48)68-40-39-57-55-29-10-9-27-53(55)51-25-7-8-26-52(51)54-28-11-12-30-56(54)60(57)43-68/h1-39,41-43,66-67H,40H2/i1D,2D,3D,4D,5D,6D,19D,20D,21D,22D. The van der Waals surface area contributed by atoms with Gasteiger partial charge in [-0.25, -0.2) is 0 Å². The zero-order valence-corrected chi connectivity index (χ0v) is 37.5. The van der Waals surface area contributed by atoms with Crippen molar-refractivity contribution in [2.45, 2.75) is 0 Å². The first-order valence-electron chi connectivity index (χ1n) is 28.1. The highest BCUT2D eigenvalue weighted by Crippen LogP contribution is 2.48. The fourth-order valence-electron chi connectivity index (χ4n) is 9.94. The molecule has 70 heavy (non-hydrogen) atoms. The zero-order valence-electron chi connectivity index (χ0n) is 47.5. The first kappa shape index (κ1) is 31.6. The molecule has 0 radical (unpaired) electrons. The van der Waals surface area contributed by atoms with Gasteiger partial charge < -0.3 is 15.4 Å². The lowest BCUT2D eigenvalue weighted by Crippen LogP contribution is -2.31. The molecule has 10 aromatic carbocycles. The second-order valence-corrected chi connectivity index (χ2v) is 17.1. The van der Waals surface area contributed by atoms with Gasteiger partial charge in [0.2, 0.25) is 0 Å². The number of anilines is 4. The number of nitrogens with one attached hydrogen (secondary N) is 2. The Morgan fingerprint density at radius 1 is 0.414 bits per heavy atom. The third-order valence-corrected chi connectivity index (χ3v) is 13.0. The molecule has 0 bridgehead atoms. The Morgan fingerprint density at radius 3 is 1.60 bits per heavy atom. The number of aromatic nitrogens is 1. The maximum absolute atomic E-state index is 8.93. The number of nitrogens with zero attached hydrogens (tertiary/aromatic N) is 2. The van der Waals surface area contributed by atoms with E-state index in [4.69, 9.17) is 18.4 Å². The molecule has 1 aliphatic carbocycles. The molecule has 0 saturated heterocycles. The van der Waals surface area contributed by atoms with E-state index in [1.165, 1.54) is 33.4 Å². The van der Waals surface area contributed by atoms with Crippen molar-refractivity contribution in [3.05, 3.63) is 266 Å². The molecule has 2 heterocycles. The Bertz CT molecular complexity index is 4330. The van der Waals surface area contributed by atoms with Crippen LogP contribution in [0.5, 0.6) is 11.5 Å². The van der Waals surface area contributed by atoms with E-state index >= 15 is 0 Å². The lowest BCUT2D eigenvalue weighted by atomic mass is 9.79. The van der Waals surface area contributed by atoms with Crippen LogP contribution in [0, 0.1) is 0 Å². The molecule has 0 atom stereocenters. The van der Waals surface area contributed by atoms with E-state index in [9.17, 15) is 0 Å². The van der Waals surface area contributed by atoms with Crippen molar-refractivity contribution < 1.29 is 18.4 Å². The third-order valence-electron chi connectivity index (χ3n) is 13.0. The van der Waals surface area contributed by atoms with Crippen molar-refractivity contribution in [2.75, 3.05) is 22.2 Å². The van der Waals surface area contributed by atoms with Crippen molar-refractivity contribution in [2.24, 2.45) is 0 Å². The average Bonchev–Trinajstić information content (AvgIpc) is 3.90. The van der Waals surface area contributed by atoms with Crippen molar-refractivity contribution in [1.82, 2.24) is 4.68 Å². The molecule has 1 aromatic heterocycles. The van der Waals surface area contributed by atoms with Gasteiger partial charge in [-0.3, -0.25) is 9.69 Å². The van der Waals surface area contributed by atoms with Crippen LogP contribution in [-0.4, -0.2) is 11.2 Å². The maximum atomic E-state index is 8.93. The first-order chi connectivity index (χ1) is 38.9. The third kappa shape index (κ3) is 7.29. The van der Waals surface area contributed by atoms with Gasteiger partial charge in [-0.1, -0.05) is 194 Å². The van der Waals surface area contributed by atoms with Gasteiger partial charge >= 0.3 is 0 Å². The van der Waals surface area contributed by atoms with Crippen LogP contribution in [0.15, 0.2) is 255 Å². The molecule has 0 unspecified atom stereocenters. The molecule has 0 fully saturated rings. The average molecular weight is 909 g/mol. The van der Waals surface area contributed by atoms with Crippen molar-refractivity contribution in [3.8, 4) is 56.0 Å².